The molecule has 1 fully saturated rings. The molecule has 1 aromatic carbocycles. The zero-order chi connectivity index (χ0) is 12.4. The number of benzene rings is 1. The predicted molar refractivity (Wildman–Crippen MR) is 71.1 cm³/mol. The molecule has 0 bridgehead atoms. The summed E-state index contributed by atoms with van der Waals surface area (Å²) in [4.78, 5) is 0. The predicted octanol–water partition coefficient (Wildman–Crippen LogP) is 2.72. The SMILES string of the molecule is Cc1cccc(C(O)C2CC(C)CCN2)c1C. The smallest absolute Gasteiger partial charge is 0.0945 e. The second kappa shape index (κ2) is 5.19. The van der Waals surface area contributed by atoms with E-state index in [-0.39, 0.29) is 12.1 Å². The number of aliphatic hydroxyl groups excluding tert-OH is 1. The number of aliphatic hydroxyl groups is 1. The summed E-state index contributed by atoms with van der Waals surface area (Å²) < 4.78 is 0. The molecule has 17 heavy (non-hydrogen) atoms. The Kier molecular flexibility index (Phi) is 3.85. The summed E-state index contributed by atoms with van der Waals surface area (Å²) >= 11 is 0. The van der Waals surface area contributed by atoms with Crippen molar-refractivity contribution in [2.24, 2.45) is 5.92 Å². The van der Waals surface area contributed by atoms with Crippen molar-refractivity contribution in [3.8, 4) is 0 Å². The van der Waals surface area contributed by atoms with Crippen LogP contribution in [-0.4, -0.2) is 17.7 Å². The van der Waals surface area contributed by atoms with E-state index < -0.39 is 0 Å². The molecule has 0 aliphatic carbocycles. The lowest BCUT2D eigenvalue weighted by molar-refractivity contribution is 0.101. The maximum atomic E-state index is 10.5. The molecule has 0 saturated carbocycles. The van der Waals surface area contributed by atoms with Gasteiger partial charge in [-0.05, 0) is 55.8 Å². The first kappa shape index (κ1) is 12.6. The number of aryl methyl sites for hydroxylation is 1. The van der Waals surface area contributed by atoms with Gasteiger partial charge in [-0.1, -0.05) is 25.1 Å². The normalized spacial score (nSPS) is 26.8. The maximum absolute atomic E-state index is 10.5. The third kappa shape index (κ3) is 2.70. The minimum Gasteiger partial charge on any atom is -0.387 e. The van der Waals surface area contributed by atoms with Crippen LogP contribution < -0.4 is 5.32 Å². The van der Waals surface area contributed by atoms with E-state index in [0.717, 1.165) is 18.5 Å². The highest BCUT2D eigenvalue weighted by atomic mass is 16.3. The largest absolute Gasteiger partial charge is 0.387 e. The Morgan fingerprint density at radius 2 is 2.12 bits per heavy atom. The molecule has 1 aliphatic heterocycles. The van der Waals surface area contributed by atoms with Gasteiger partial charge in [-0.15, -0.1) is 0 Å². The van der Waals surface area contributed by atoms with Crippen LogP contribution in [0.3, 0.4) is 0 Å². The van der Waals surface area contributed by atoms with E-state index in [9.17, 15) is 5.11 Å². The quantitative estimate of drug-likeness (QED) is 0.823. The third-order valence-electron chi connectivity index (χ3n) is 4.05. The average molecular weight is 233 g/mol. The van der Waals surface area contributed by atoms with Crippen LogP contribution in [0.15, 0.2) is 18.2 Å². The average Bonchev–Trinajstić information content (AvgIpc) is 2.32. The van der Waals surface area contributed by atoms with E-state index in [1.54, 1.807) is 0 Å². The lowest BCUT2D eigenvalue weighted by atomic mass is 9.87. The first-order valence-electron chi connectivity index (χ1n) is 6.57. The van der Waals surface area contributed by atoms with Gasteiger partial charge in [0.25, 0.3) is 0 Å². The molecule has 2 nitrogen and oxygen atoms in total. The maximum Gasteiger partial charge on any atom is 0.0945 e. The van der Waals surface area contributed by atoms with Crippen molar-refractivity contribution in [1.82, 2.24) is 5.32 Å². The van der Waals surface area contributed by atoms with E-state index >= 15 is 0 Å². The number of hydrogen-bond acceptors (Lipinski definition) is 2. The van der Waals surface area contributed by atoms with Gasteiger partial charge in [-0.2, -0.15) is 0 Å². The summed E-state index contributed by atoms with van der Waals surface area (Å²) in [6, 6.07) is 6.39. The molecule has 2 heteroatoms. The van der Waals surface area contributed by atoms with Gasteiger partial charge in [-0.25, -0.2) is 0 Å². The van der Waals surface area contributed by atoms with E-state index in [1.165, 1.54) is 17.5 Å². The summed E-state index contributed by atoms with van der Waals surface area (Å²) in [6.07, 6.45) is 1.91. The van der Waals surface area contributed by atoms with Gasteiger partial charge >= 0.3 is 0 Å². The van der Waals surface area contributed by atoms with Crippen molar-refractivity contribution in [3.63, 3.8) is 0 Å². The lowest BCUT2D eigenvalue weighted by Gasteiger charge is -2.32. The molecular weight excluding hydrogens is 210 g/mol. The minimum absolute atomic E-state index is 0.208. The van der Waals surface area contributed by atoms with Crippen molar-refractivity contribution in [3.05, 3.63) is 34.9 Å². The van der Waals surface area contributed by atoms with Gasteiger partial charge in [0.05, 0.1) is 6.10 Å². The number of nitrogens with one attached hydrogen (secondary N) is 1. The van der Waals surface area contributed by atoms with Gasteiger partial charge in [0, 0.05) is 6.04 Å². The van der Waals surface area contributed by atoms with Gasteiger partial charge in [0.2, 0.25) is 0 Å². The fraction of sp³-hybridized carbons (Fsp3) is 0.600. The van der Waals surface area contributed by atoms with Crippen molar-refractivity contribution < 1.29 is 5.11 Å². The molecule has 3 unspecified atom stereocenters. The first-order valence-corrected chi connectivity index (χ1v) is 6.57. The van der Waals surface area contributed by atoms with Crippen molar-refractivity contribution >= 4 is 0 Å². The van der Waals surface area contributed by atoms with Gasteiger partial charge in [-0.3, -0.25) is 0 Å². The molecule has 94 valence electrons. The Balaban J connectivity index is 2.18. The molecule has 2 rings (SSSR count). The summed E-state index contributed by atoms with van der Waals surface area (Å²) in [5.41, 5.74) is 3.56. The number of piperidine rings is 1. The Morgan fingerprint density at radius 1 is 1.35 bits per heavy atom. The van der Waals surface area contributed by atoms with Crippen LogP contribution in [0.2, 0.25) is 0 Å². The molecule has 3 atom stereocenters. The fourth-order valence-electron chi connectivity index (χ4n) is 2.70. The molecule has 0 amide bonds. The zero-order valence-electron chi connectivity index (χ0n) is 11.0. The molecular formula is C15H23NO. The molecule has 1 aliphatic rings. The van der Waals surface area contributed by atoms with Crippen LogP contribution in [0.4, 0.5) is 0 Å². The highest BCUT2D eigenvalue weighted by Gasteiger charge is 2.26. The van der Waals surface area contributed by atoms with Gasteiger partial charge in [0.15, 0.2) is 0 Å². The second-order valence-corrected chi connectivity index (χ2v) is 5.42. The van der Waals surface area contributed by atoms with Crippen molar-refractivity contribution in [2.45, 2.75) is 45.8 Å². The fourth-order valence-corrected chi connectivity index (χ4v) is 2.70. The molecule has 0 radical (unpaired) electrons. The van der Waals surface area contributed by atoms with Crippen LogP contribution in [0.25, 0.3) is 0 Å². The monoisotopic (exact) mass is 233 g/mol. The summed E-state index contributed by atoms with van der Waals surface area (Å²) in [5, 5.41) is 14.0. The van der Waals surface area contributed by atoms with Gasteiger partial charge in [0.1, 0.15) is 0 Å². The highest BCUT2D eigenvalue weighted by molar-refractivity contribution is 5.35. The van der Waals surface area contributed by atoms with E-state index in [4.69, 9.17) is 0 Å². The molecule has 1 saturated heterocycles. The highest BCUT2D eigenvalue weighted by Crippen LogP contribution is 2.28. The molecule has 0 spiro atoms. The van der Waals surface area contributed by atoms with Crippen LogP contribution in [0, 0.1) is 19.8 Å². The minimum atomic E-state index is -0.377. The van der Waals surface area contributed by atoms with Gasteiger partial charge < -0.3 is 10.4 Å². The molecule has 0 aromatic heterocycles. The topological polar surface area (TPSA) is 32.3 Å². The summed E-state index contributed by atoms with van der Waals surface area (Å²) in [5.74, 6) is 0.709. The van der Waals surface area contributed by atoms with Crippen LogP contribution in [-0.2, 0) is 0 Å². The van der Waals surface area contributed by atoms with E-state index in [0.29, 0.717) is 5.92 Å². The number of rotatable bonds is 2. The Labute approximate surface area is 104 Å². The second-order valence-electron chi connectivity index (χ2n) is 5.42. The Hall–Kier alpha value is -0.860. The van der Waals surface area contributed by atoms with Crippen molar-refractivity contribution in [2.75, 3.05) is 6.54 Å². The summed E-state index contributed by atoms with van der Waals surface area (Å²) in [6.45, 7) is 7.49. The first-order chi connectivity index (χ1) is 8.09. The molecule has 1 aromatic rings. The van der Waals surface area contributed by atoms with E-state index in [2.05, 4.69) is 32.2 Å². The standard InChI is InChI=1S/C15H23NO/c1-10-7-8-16-14(9-10)15(17)13-6-4-5-11(2)12(13)3/h4-6,10,14-17H,7-9H2,1-3H3. The molecule has 2 N–H and O–H groups in total. The van der Waals surface area contributed by atoms with Crippen LogP contribution in [0.1, 0.15) is 42.6 Å². The number of hydrogen-bond donors (Lipinski definition) is 2. The summed E-state index contributed by atoms with van der Waals surface area (Å²) in [7, 11) is 0. The Morgan fingerprint density at radius 3 is 2.82 bits per heavy atom. The lowest BCUT2D eigenvalue weighted by Crippen LogP contribution is -2.41. The molecule has 1 heterocycles. The van der Waals surface area contributed by atoms with E-state index in [1.807, 2.05) is 12.1 Å². The third-order valence-corrected chi connectivity index (χ3v) is 4.05. The van der Waals surface area contributed by atoms with Crippen molar-refractivity contribution in [1.29, 1.82) is 0 Å². The van der Waals surface area contributed by atoms with Crippen LogP contribution >= 0.6 is 0 Å². The zero-order valence-corrected chi connectivity index (χ0v) is 11.0. The Bertz CT molecular complexity index is 389. The van der Waals surface area contributed by atoms with Crippen LogP contribution in [0.5, 0.6) is 0 Å².